The van der Waals surface area contributed by atoms with Gasteiger partial charge in [-0.05, 0) is 48.8 Å². The van der Waals surface area contributed by atoms with Crippen LogP contribution in [0.5, 0.6) is 5.75 Å². The molecule has 1 aromatic carbocycles. The SMILES string of the molecule is Oc1c(CC2(O)CC2)ccc2c1CCC2. The monoisotopic (exact) mass is 204 g/mol. The van der Waals surface area contributed by atoms with E-state index in [0.29, 0.717) is 12.2 Å². The number of phenolic OH excluding ortho intramolecular Hbond substituents is 1. The number of fused-ring (bicyclic) bond motifs is 1. The molecule has 0 aliphatic heterocycles. The molecule has 0 aromatic heterocycles. The molecule has 0 saturated heterocycles. The van der Waals surface area contributed by atoms with Crippen molar-refractivity contribution >= 4 is 0 Å². The summed E-state index contributed by atoms with van der Waals surface area (Å²) in [5, 5.41) is 19.9. The van der Waals surface area contributed by atoms with Gasteiger partial charge in [0, 0.05) is 6.42 Å². The molecule has 0 heterocycles. The van der Waals surface area contributed by atoms with Gasteiger partial charge in [-0.25, -0.2) is 0 Å². The van der Waals surface area contributed by atoms with E-state index in [4.69, 9.17) is 0 Å². The minimum atomic E-state index is -0.510. The highest BCUT2D eigenvalue weighted by molar-refractivity contribution is 5.48. The molecule has 0 amide bonds. The third-order valence-electron chi connectivity index (χ3n) is 3.68. The zero-order valence-electron chi connectivity index (χ0n) is 8.79. The largest absolute Gasteiger partial charge is 0.507 e. The summed E-state index contributed by atoms with van der Waals surface area (Å²) in [6.07, 6.45) is 5.61. The first-order valence-corrected chi connectivity index (χ1v) is 5.73. The predicted octanol–water partition coefficient (Wildman–Crippen LogP) is 1.95. The summed E-state index contributed by atoms with van der Waals surface area (Å²) in [4.78, 5) is 0. The predicted molar refractivity (Wildman–Crippen MR) is 58.0 cm³/mol. The molecular formula is C13H16O2. The van der Waals surface area contributed by atoms with Crippen LogP contribution in [0.15, 0.2) is 12.1 Å². The Morgan fingerprint density at radius 1 is 1.20 bits per heavy atom. The zero-order chi connectivity index (χ0) is 10.5. The Balaban J connectivity index is 1.95. The van der Waals surface area contributed by atoms with Crippen LogP contribution in [0.1, 0.15) is 36.0 Å². The molecule has 2 heteroatoms. The quantitative estimate of drug-likeness (QED) is 0.773. The lowest BCUT2D eigenvalue weighted by molar-refractivity contribution is 0.150. The molecule has 0 bridgehead atoms. The van der Waals surface area contributed by atoms with Gasteiger partial charge in [0.1, 0.15) is 5.75 Å². The fourth-order valence-electron chi connectivity index (χ4n) is 2.51. The van der Waals surface area contributed by atoms with Gasteiger partial charge in [0.25, 0.3) is 0 Å². The first-order valence-electron chi connectivity index (χ1n) is 5.73. The van der Waals surface area contributed by atoms with E-state index in [-0.39, 0.29) is 0 Å². The Morgan fingerprint density at radius 2 is 2.00 bits per heavy atom. The van der Waals surface area contributed by atoms with Crippen molar-refractivity contribution in [2.45, 2.75) is 44.1 Å². The lowest BCUT2D eigenvalue weighted by Gasteiger charge is -2.12. The van der Waals surface area contributed by atoms with Crippen LogP contribution in [0, 0.1) is 0 Å². The summed E-state index contributed by atoms with van der Waals surface area (Å²) in [7, 11) is 0. The molecule has 1 aromatic rings. The van der Waals surface area contributed by atoms with Gasteiger partial charge in [-0.3, -0.25) is 0 Å². The molecule has 15 heavy (non-hydrogen) atoms. The molecule has 0 unspecified atom stereocenters. The smallest absolute Gasteiger partial charge is 0.122 e. The van der Waals surface area contributed by atoms with Gasteiger partial charge in [0.05, 0.1) is 5.60 Å². The van der Waals surface area contributed by atoms with E-state index in [0.717, 1.165) is 43.2 Å². The first-order chi connectivity index (χ1) is 7.18. The van der Waals surface area contributed by atoms with Crippen molar-refractivity contribution in [2.75, 3.05) is 0 Å². The van der Waals surface area contributed by atoms with Crippen molar-refractivity contribution in [3.8, 4) is 5.75 Å². The number of benzene rings is 1. The van der Waals surface area contributed by atoms with Gasteiger partial charge < -0.3 is 10.2 Å². The molecule has 0 atom stereocenters. The summed E-state index contributed by atoms with van der Waals surface area (Å²) in [5.74, 6) is 0.449. The molecule has 2 nitrogen and oxygen atoms in total. The van der Waals surface area contributed by atoms with Crippen LogP contribution < -0.4 is 0 Å². The van der Waals surface area contributed by atoms with E-state index >= 15 is 0 Å². The van der Waals surface area contributed by atoms with E-state index in [1.807, 2.05) is 6.07 Å². The van der Waals surface area contributed by atoms with Crippen LogP contribution >= 0.6 is 0 Å². The Kier molecular flexibility index (Phi) is 1.84. The zero-order valence-corrected chi connectivity index (χ0v) is 8.79. The second-order valence-corrected chi connectivity index (χ2v) is 4.97. The second kappa shape index (κ2) is 2.99. The van der Waals surface area contributed by atoms with Crippen LogP contribution in [0.3, 0.4) is 0 Å². The maximum Gasteiger partial charge on any atom is 0.122 e. The van der Waals surface area contributed by atoms with E-state index in [2.05, 4.69) is 6.07 Å². The second-order valence-electron chi connectivity index (χ2n) is 4.97. The summed E-state index contributed by atoms with van der Waals surface area (Å²) in [5.41, 5.74) is 2.83. The molecule has 80 valence electrons. The van der Waals surface area contributed by atoms with Crippen LogP contribution in [-0.4, -0.2) is 15.8 Å². The maximum absolute atomic E-state index is 10.1. The topological polar surface area (TPSA) is 40.5 Å². The van der Waals surface area contributed by atoms with Gasteiger partial charge >= 0.3 is 0 Å². The number of hydrogen-bond acceptors (Lipinski definition) is 2. The van der Waals surface area contributed by atoms with Gasteiger partial charge in [-0.1, -0.05) is 12.1 Å². The molecular weight excluding hydrogens is 188 g/mol. The van der Waals surface area contributed by atoms with Crippen molar-refractivity contribution in [1.82, 2.24) is 0 Å². The highest BCUT2D eigenvalue weighted by atomic mass is 16.3. The lowest BCUT2D eigenvalue weighted by Crippen LogP contribution is -2.11. The number of aliphatic hydroxyl groups is 1. The average Bonchev–Trinajstić information content (AvgIpc) is 2.78. The normalized spacial score (nSPS) is 21.4. The van der Waals surface area contributed by atoms with E-state index in [1.54, 1.807) is 0 Å². The summed E-state index contributed by atoms with van der Waals surface area (Å²) < 4.78 is 0. The number of aromatic hydroxyl groups is 1. The van der Waals surface area contributed by atoms with E-state index < -0.39 is 5.60 Å². The fourth-order valence-corrected chi connectivity index (χ4v) is 2.51. The Morgan fingerprint density at radius 3 is 2.73 bits per heavy atom. The molecule has 3 rings (SSSR count). The molecule has 2 aliphatic rings. The van der Waals surface area contributed by atoms with Crippen molar-refractivity contribution in [3.05, 3.63) is 28.8 Å². The first kappa shape index (κ1) is 9.22. The third kappa shape index (κ3) is 1.53. The number of phenols is 1. The minimum Gasteiger partial charge on any atom is -0.507 e. The Hall–Kier alpha value is -1.02. The van der Waals surface area contributed by atoms with Gasteiger partial charge in [-0.15, -0.1) is 0 Å². The maximum atomic E-state index is 10.1. The standard InChI is InChI=1S/C13H16O2/c14-12-10(8-13(15)6-7-13)5-4-9-2-1-3-11(9)12/h4-5,14-15H,1-3,6-8H2. The van der Waals surface area contributed by atoms with Gasteiger partial charge in [0.2, 0.25) is 0 Å². The van der Waals surface area contributed by atoms with E-state index in [1.165, 1.54) is 5.56 Å². The Labute approximate surface area is 89.6 Å². The Bertz CT molecular complexity index is 405. The van der Waals surface area contributed by atoms with Crippen LogP contribution in [-0.2, 0) is 19.3 Å². The molecule has 1 saturated carbocycles. The third-order valence-corrected chi connectivity index (χ3v) is 3.68. The number of hydrogen-bond donors (Lipinski definition) is 2. The molecule has 0 spiro atoms. The summed E-state index contributed by atoms with van der Waals surface area (Å²) in [6.45, 7) is 0. The lowest BCUT2D eigenvalue weighted by atomic mass is 9.99. The summed E-state index contributed by atoms with van der Waals surface area (Å²) in [6, 6.07) is 4.10. The van der Waals surface area contributed by atoms with Crippen molar-refractivity contribution in [1.29, 1.82) is 0 Å². The molecule has 0 radical (unpaired) electrons. The van der Waals surface area contributed by atoms with Crippen molar-refractivity contribution in [2.24, 2.45) is 0 Å². The van der Waals surface area contributed by atoms with Crippen LogP contribution in [0.2, 0.25) is 0 Å². The molecule has 1 fully saturated rings. The van der Waals surface area contributed by atoms with Crippen molar-refractivity contribution in [3.63, 3.8) is 0 Å². The highest BCUT2D eigenvalue weighted by Gasteiger charge is 2.41. The van der Waals surface area contributed by atoms with Gasteiger partial charge in [0.15, 0.2) is 0 Å². The minimum absolute atomic E-state index is 0.449. The summed E-state index contributed by atoms with van der Waals surface area (Å²) >= 11 is 0. The molecule has 2 aliphatic carbocycles. The number of aryl methyl sites for hydroxylation is 1. The van der Waals surface area contributed by atoms with Gasteiger partial charge in [-0.2, -0.15) is 0 Å². The fraction of sp³-hybridized carbons (Fsp3) is 0.538. The van der Waals surface area contributed by atoms with Crippen molar-refractivity contribution < 1.29 is 10.2 Å². The highest BCUT2D eigenvalue weighted by Crippen LogP contribution is 2.42. The van der Waals surface area contributed by atoms with E-state index in [9.17, 15) is 10.2 Å². The van der Waals surface area contributed by atoms with Crippen LogP contribution in [0.25, 0.3) is 0 Å². The average molecular weight is 204 g/mol. The van der Waals surface area contributed by atoms with Crippen LogP contribution in [0.4, 0.5) is 0 Å². The molecule has 2 N–H and O–H groups in total. The number of rotatable bonds is 2.